The number of esters is 2. The molecule has 2 rings (SSSR count). The molecule has 1 atom stereocenters. The lowest BCUT2D eigenvalue weighted by atomic mass is 10.0. The van der Waals surface area contributed by atoms with E-state index in [1.807, 2.05) is 0 Å². The van der Waals surface area contributed by atoms with Crippen LogP contribution in [0.2, 0.25) is 5.02 Å². The fourth-order valence-electron chi connectivity index (χ4n) is 2.34. The van der Waals surface area contributed by atoms with E-state index in [0.29, 0.717) is 21.9 Å². The number of Topliss-reactive ketones (excluding diaryl/α,β-unsaturated/α-hetero) is 1. The van der Waals surface area contributed by atoms with Gasteiger partial charge in [0.2, 0.25) is 0 Å². The number of ether oxygens (including phenoxy) is 3. The van der Waals surface area contributed by atoms with E-state index in [-0.39, 0.29) is 12.2 Å². The van der Waals surface area contributed by atoms with Gasteiger partial charge in [-0.2, -0.15) is 0 Å². The van der Waals surface area contributed by atoms with Gasteiger partial charge in [0.25, 0.3) is 5.78 Å². The van der Waals surface area contributed by atoms with Crippen molar-refractivity contribution in [1.29, 1.82) is 0 Å². The predicted molar refractivity (Wildman–Crippen MR) is 104 cm³/mol. The zero-order chi connectivity index (χ0) is 21.4. The number of carbonyl (C=O) groups excluding carboxylic acids is 4. The average Bonchev–Trinajstić information content (AvgIpc) is 2.71. The second-order valence-corrected chi connectivity index (χ2v) is 6.50. The van der Waals surface area contributed by atoms with Gasteiger partial charge in [0.05, 0.1) is 13.5 Å². The topological polar surface area (TPSA) is 96.0 Å². The van der Waals surface area contributed by atoms with Crippen molar-refractivity contribution in [2.45, 2.75) is 19.4 Å². The molecule has 152 valence electrons. The summed E-state index contributed by atoms with van der Waals surface area (Å²) in [6.07, 6.45) is -0.673. The van der Waals surface area contributed by atoms with Crippen LogP contribution in [0.3, 0.4) is 0 Å². The molecule has 0 aromatic heterocycles. The normalized spacial score (nSPS) is 11.3. The van der Waals surface area contributed by atoms with Gasteiger partial charge < -0.3 is 14.2 Å². The molecule has 0 aliphatic carbocycles. The van der Waals surface area contributed by atoms with E-state index in [1.165, 1.54) is 0 Å². The van der Waals surface area contributed by atoms with Crippen molar-refractivity contribution in [2.24, 2.45) is 0 Å². The summed E-state index contributed by atoms with van der Waals surface area (Å²) in [5.41, 5.74) is 0.994. The Morgan fingerprint density at radius 1 is 0.931 bits per heavy atom. The standard InChI is InChI=1S/C21H19ClO7/c1-13(11-19(24)28-12-18(23)21(26)27-2)29-17-9-5-15(6-10-17)20(25)14-3-7-16(22)8-4-14/h3-10,13H,11-12H2,1-2H3. The lowest BCUT2D eigenvalue weighted by molar-refractivity contribution is -0.158. The van der Waals surface area contributed by atoms with Crippen molar-refractivity contribution < 1.29 is 33.4 Å². The Bertz CT molecular complexity index is 888. The van der Waals surface area contributed by atoms with E-state index < -0.39 is 30.4 Å². The number of rotatable bonds is 9. The van der Waals surface area contributed by atoms with Gasteiger partial charge in [0.1, 0.15) is 11.9 Å². The molecule has 0 N–H and O–H groups in total. The van der Waals surface area contributed by atoms with Crippen LogP contribution in [0.5, 0.6) is 5.75 Å². The summed E-state index contributed by atoms with van der Waals surface area (Å²) in [6, 6.07) is 13.1. The molecule has 0 saturated heterocycles. The number of ketones is 2. The summed E-state index contributed by atoms with van der Waals surface area (Å²) in [4.78, 5) is 46.3. The Kier molecular flexibility index (Phi) is 7.91. The smallest absolute Gasteiger partial charge is 0.378 e. The Labute approximate surface area is 172 Å². The third kappa shape index (κ3) is 6.73. The van der Waals surface area contributed by atoms with Crippen LogP contribution in [-0.4, -0.2) is 43.3 Å². The first-order chi connectivity index (χ1) is 13.8. The maximum atomic E-state index is 12.4. The summed E-state index contributed by atoms with van der Waals surface area (Å²) < 4.78 is 14.6. The second kappa shape index (κ2) is 10.4. The van der Waals surface area contributed by atoms with Gasteiger partial charge in [0.15, 0.2) is 12.4 Å². The van der Waals surface area contributed by atoms with Gasteiger partial charge in [-0.15, -0.1) is 0 Å². The van der Waals surface area contributed by atoms with Gasteiger partial charge in [-0.05, 0) is 55.5 Å². The van der Waals surface area contributed by atoms with Crippen molar-refractivity contribution in [3.63, 3.8) is 0 Å². The molecule has 0 saturated carbocycles. The highest BCUT2D eigenvalue weighted by molar-refractivity contribution is 6.34. The van der Waals surface area contributed by atoms with Crippen LogP contribution in [0.4, 0.5) is 0 Å². The molecule has 0 fully saturated rings. The molecule has 2 aromatic rings. The zero-order valence-electron chi connectivity index (χ0n) is 15.8. The van der Waals surface area contributed by atoms with Crippen LogP contribution in [0.25, 0.3) is 0 Å². The third-order valence-corrected chi connectivity index (χ3v) is 4.04. The summed E-state index contributed by atoms with van der Waals surface area (Å²) in [6.45, 7) is 0.968. The van der Waals surface area contributed by atoms with Crippen LogP contribution in [0, 0.1) is 0 Å². The summed E-state index contributed by atoms with van der Waals surface area (Å²) >= 11 is 5.83. The fraction of sp³-hybridized carbons (Fsp3) is 0.238. The highest BCUT2D eigenvalue weighted by Gasteiger charge is 2.18. The first-order valence-electron chi connectivity index (χ1n) is 8.64. The average molecular weight is 419 g/mol. The summed E-state index contributed by atoms with van der Waals surface area (Å²) in [7, 11) is 1.06. The molecule has 0 heterocycles. The molecule has 2 aromatic carbocycles. The Balaban J connectivity index is 1.86. The first-order valence-corrected chi connectivity index (χ1v) is 9.01. The van der Waals surface area contributed by atoms with E-state index in [2.05, 4.69) is 4.74 Å². The number of hydrogen-bond donors (Lipinski definition) is 0. The van der Waals surface area contributed by atoms with E-state index in [4.69, 9.17) is 21.1 Å². The van der Waals surface area contributed by atoms with Crippen LogP contribution in [0.1, 0.15) is 29.3 Å². The second-order valence-electron chi connectivity index (χ2n) is 6.07. The molecule has 0 aliphatic heterocycles. The molecule has 0 bridgehead atoms. The van der Waals surface area contributed by atoms with Crippen molar-refractivity contribution in [1.82, 2.24) is 0 Å². The van der Waals surface area contributed by atoms with Crippen LogP contribution in [-0.2, 0) is 23.9 Å². The number of hydrogen-bond acceptors (Lipinski definition) is 7. The van der Waals surface area contributed by atoms with Crippen molar-refractivity contribution in [3.05, 3.63) is 64.7 Å². The van der Waals surface area contributed by atoms with Crippen molar-refractivity contribution in [2.75, 3.05) is 13.7 Å². The fourth-order valence-corrected chi connectivity index (χ4v) is 2.47. The largest absolute Gasteiger partial charge is 0.490 e. The highest BCUT2D eigenvalue weighted by atomic mass is 35.5. The van der Waals surface area contributed by atoms with E-state index >= 15 is 0 Å². The molecule has 0 aliphatic rings. The number of benzene rings is 2. The van der Waals surface area contributed by atoms with Crippen LogP contribution >= 0.6 is 11.6 Å². The number of carbonyl (C=O) groups is 4. The Morgan fingerprint density at radius 3 is 2.03 bits per heavy atom. The minimum absolute atomic E-state index is 0.125. The molecule has 7 nitrogen and oxygen atoms in total. The Hall–Kier alpha value is -3.19. The monoisotopic (exact) mass is 418 g/mol. The molecule has 1 unspecified atom stereocenters. The van der Waals surface area contributed by atoms with E-state index in [0.717, 1.165) is 7.11 Å². The molecule has 0 spiro atoms. The van der Waals surface area contributed by atoms with E-state index in [1.54, 1.807) is 55.5 Å². The van der Waals surface area contributed by atoms with Crippen molar-refractivity contribution >= 4 is 35.1 Å². The molecule has 29 heavy (non-hydrogen) atoms. The predicted octanol–water partition coefficient (Wildman–Crippen LogP) is 3.01. The third-order valence-electron chi connectivity index (χ3n) is 3.79. The molecular formula is C21H19ClO7. The van der Waals surface area contributed by atoms with Crippen LogP contribution in [0.15, 0.2) is 48.5 Å². The van der Waals surface area contributed by atoms with Gasteiger partial charge in [-0.3, -0.25) is 14.4 Å². The van der Waals surface area contributed by atoms with Crippen molar-refractivity contribution in [3.8, 4) is 5.75 Å². The highest BCUT2D eigenvalue weighted by Crippen LogP contribution is 2.18. The Morgan fingerprint density at radius 2 is 1.48 bits per heavy atom. The minimum Gasteiger partial charge on any atom is -0.490 e. The molecule has 8 heteroatoms. The zero-order valence-corrected chi connectivity index (χ0v) is 16.6. The molecule has 0 radical (unpaired) electrons. The SMILES string of the molecule is COC(=O)C(=O)COC(=O)CC(C)Oc1ccc(C(=O)c2ccc(Cl)cc2)cc1. The number of halogens is 1. The maximum absolute atomic E-state index is 12.4. The quantitative estimate of drug-likeness (QED) is 0.351. The summed E-state index contributed by atoms with van der Waals surface area (Å²) in [5.74, 6) is -2.40. The van der Waals surface area contributed by atoms with Gasteiger partial charge in [-0.25, -0.2) is 4.79 Å². The van der Waals surface area contributed by atoms with Gasteiger partial charge in [-0.1, -0.05) is 11.6 Å². The first kappa shape index (κ1) is 22.1. The molecule has 0 amide bonds. The lowest BCUT2D eigenvalue weighted by Crippen LogP contribution is -2.25. The minimum atomic E-state index is -1.07. The van der Waals surface area contributed by atoms with Gasteiger partial charge >= 0.3 is 11.9 Å². The lowest BCUT2D eigenvalue weighted by Gasteiger charge is -2.14. The maximum Gasteiger partial charge on any atom is 0.378 e. The number of methoxy groups -OCH3 is 1. The molecular weight excluding hydrogens is 400 g/mol. The summed E-state index contributed by atoms with van der Waals surface area (Å²) in [5, 5.41) is 0.549. The van der Waals surface area contributed by atoms with E-state index in [9.17, 15) is 19.2 Å². The van der Waals surface area contributed by atoms with Crippen LogP contribution < -0.4 is 4.74 Å². The van der Waals surface area contributed by atoms with Gasteiger partial charge in [0, 0.05) is 16.1 Å².